The Kier molecular flexibility index (Phi) is 4.31. The molecule has 16 heavy (non-hydrogen) atoms. The smallest absolute Gasteiger partial charge is 0.0543 e. The van der Waals surface area contributed by atoms with Crippen molar-refractivity contribution in [3.8, 4) is 0 Å². The van der Waals surface area contributed by atoms with E-state index in [2.05, 4.69) is 10.3 Å². The third-order valence-corrected chi connectivity index (χ3v) is 3.27. The van der Waals surface area contributed by atoms with Crippen LogP contribution in [0.1, 0.15) is 31.2 Å². The molecular formula is C13H20N2O. The van der Waals surface area contributed by atoms with Crippen molar-refractivity contribution in [2.24, 2.45) is 5.92 Å². The van der Waals surface area contributed by atoms with Crippen LogP contribution in [0.25, 0.3) is 0 Å². The van der Waals surface area contributed by atoms with Crippen LogP contribution in [-0.4, -0.2) is 22.7 Å². The molecule has 0 aliphatic heterocycles. The monoisotopic (exact) mass is 220 g/mol. The van der Waals surface area contributed by atoms with Gasteiger partial charge < -0.3 is 10.4 Å². The topological polar surface area (TPSA) is 45.1 Å². The minimum atomic E-state index is -0.0681. The van der Waals surface area contributed by atoms with E-state index in [1.165, 1.54) is 18.4 Å². The molecular weight excluding hydrogens is 200 g/mol. The molecule has 1 aromatic heterocycles. The van der Waals surface area contributed by atoms with Crippen molar-refractivity contribution in [2.75, 3.05) is 6.54 Å². The zero-order chi connectivity index (χ0) is 11.2. The highest BCUT2D eigenvalue weighted by Crippen LogP contribution is 2.23. The summed E-state index contributed by atoms with van der Waals surface area (Å²) in [6.45, 7) is 1.91. The lowest BCUT2D eigenvalue weighted by atomic mass is 9.87. The van der Waals surface area contributed by atoms with Gasteiger partial charge in [-0.05, 0) is 49.4 Å². The summed E-state index contributed by atoms with van der Waals surface area (Å²) in [6, 6.07) is 4.06. The highest BCUT2D eigenvalue weighted by molar-refractivity contribution is 5.08. The van der Waals surface area contributed by atoms with E-state index in [9.17, 15) is 5.11 Å². The first-order valence-corrected chi connectivity index (χ1v) is 6.12. The molecule has 2 atom stereocenters. The van der Waals surface area contributed by atoms with Crippen LogP contribution in [0.2, 0.25) is 0 Å². The van der Waals surface area contributed by atoms with Gasteiger partial charge in [0.25, 0.3) is 0 Å². The Labute approximate surface area is 96.9 Å². The molecule has 0 saturated heterocycles. The predicted octanol–water partition coefficient (Wildman–Crippen LogP) is 1.72. The van der Waals surface area contributed by atoms with Gasteiger partial charge in [0.2, 0.25) is 0 Å². The van der Waals surface area contributed by atoms with Crippen molar-refractivity contribution < 1.29 is 5.11 Å². The number of aromatic nitrogens is 1. The van der Waals surface area contributed by atoms with Gasteiger partial charge in [-0.2, -0.15) is 0 Å². The molecule has 1 aromatic rings. The largest absolute Gasteiger partial charge is 0.393 e. The summed E-state index contributed by atoms with van der Waals surface area (Å²) in [6.07, 6.45) is 7.94. The lowest BCUT2D eigenvalue weighted by molar-refractivity contribution is 0.101. The van der Waals surface area contributed by atoms with E-state index in [-0.39, 0.29) is 6.10 Å². The van der Waals surface area contributed by atoms with Crippen LogP contribution in [0, 0.1) is 5.92 Å². The summed E-state index contributed by atoms with van der Waals surface area (Å²) < 4.78 is 0. The maximum Gasteiger partial charge on any atom is 0.0543 e. The van der Waals surface area contributed by atoms with Gasteiger partial charge in [-0.15, -0.1) is 0 Å². The Morgan fingerprint density at radius 3 is 2.88 bits per heavy atom. The third kappa shape index (κ3) is 3.58. The van der Waals surface area contributed by atoms with E-state index in [0.717, 1.165) is 25.9 Å². The van der Waals surface area contributed by atoms with Gasteiger partial charge in [-0.25, -0.2) is 0 Å². The number of nitrogens with zero attached hydrogens (tertiary/aromatic N) is 1. The molecule has 0 amide bonds. The number of aliphatic hydroxyl groups excluding tert-OH is 1. The average molecular weight is 220 g/mol. The van der Waals surface area contributed by atoms with Crippen molar-refractivity contribution in [1.82, 2.24) is 10.3 Å². The van der Waals surface area contributed by atoms with Crippen LogP contribution in [0.3, 0.4) is 0 Å². The van der Waals surface area contributed by atoms with Gasteiger partial charge in [-0.3, -0.25) is 4.98 Å². The molecule has 3 heteroatoms. The Morgan fingerprint density at radius 1 is 1.31 bits per heavy atom. The van der Waals surface area contributed by atoms with E-state index in [4.69, 9.17) is 0 Å². The molecule has 1 saturated carbocycles. The van der Waals surface area contributed by atoms with Crippen molar-refractivity contribution in [1.29, 1.82) is 0 Å². The van der Waals surface area contributed by atoms with Gasteiger partial charge in [0.05, 0.1) is 6.10 Å². The number of hydrogen-bond acceptors (Lipinski definition) is 3. The minimum Gasteiger partial charge on any atom is -0.393 e. The molecule has 0 aromatic carbocycles. The van der Waals surface area contributed by atoms with E-state index in [1.54, 1.807) is 0 Å². The Bertz CT molecular complexity index is 302. The Hall–Kier alpha value is -0.930. The van der Waals surface area contributed by atoms with Crippen LogP contribution in [0.5, 0.6) is 0 Å². The predicted molar refractivity (Wildman–Crippen MR) is 63.9 cm³/mol. The zero-order valence-electron chi connectivity index (χ0n) is 9.60. The van der Waals surface area contributed by atoms with Crippen LogP contribution in [0.15, 0.2) is 24.5 Å². The van der Waals surface area contributed by atoms with Gasteiger partial charge in [-0.1, -0.05) is 6.42 Å². The van der Waals surface area contributed by atoms with E-state index in [1.807, 2.05) is 24.5 Å². The highest BCUT2D eigenvalue weighted by atomic mass is 16.3. The van der Waals surface area contributed by atoms with Crippen molar-refractivity contribution in [3.63, 3.8) is 0 Å². The SMILES string of the molecule is OC1CCCC(CNCc2ccncc2)C1. The summed E-state index contributed by atoms with van der Waals surface area (Å²) in [5.41, 5.74) is 1.27. The first-order valence-electron chi connectivity index (χ1n) is 6.12. The molecule has 3 nitrogen and oxygen atoms in total. The van der Waals surface area contributed by atoms with Crippen molar-refractivity contribution in [3.05, 3.63) is 30.1 Å². The summed E-state index contributed by atoms with van der Waals surface area (Å²) in [5, 5.41) is 13.0. The van der Waals surface area contributed by atoms with E-state index < -0.39 is 0 Å². The zero-order valence-corrected chi connectivity index (χ0v) is 9.60. The Balaban J connectivity index is 1.68. The lowest BCUT2D eigenvalue weighted by Gasteiger charge is -2.25. The van der Waals surface area contributed by atoms with Gasteiger partial charge in [0, 0.05) is 18.9 Å². The van der Waals surface area contributed by atoms with Crippen LogP contribution in [0.4, 0.5) is 0 Å². The van der Waals surface area contributed by atoms with Gasteiger partial charge in [0.1, 0.15) is 0 Å². The van der Waals surface area contributed by atoms with Crippen LogP contribution < -0.4 is 5.32 Å². The lowest BCUT2D eigenvalue weighted by Crippen LogP contribution is -2.28. The van der Waals surface area contributed by atoms with E-state index in [0.29, 0.717) is 5.92 Å². The maximum atomic E-state index is 9.56. The first kappa shape index (κ1) is 11.6. The maximum absolute atomic E-state index is 9.56. The number of pyridine rings is 1. The highest BCUT2D eigenvalue weighted by Gasteiger charge is 2.19. The second-order valence-corrected chi connectivity index (χ2v) is 4.67. The molecule has 2 unspecified atom stereocenters. The van der Waals surface area contributed by atoms with Crippen LogP contribution in [-0.2, 0) is 6.54 Å². The fraction of sp³-hybridized carbons (Fsp3) is 0.615. The number of rotatable bonds is 4. The number of nitrogens with one attached hydrogen (secondary N) is 1. The van der Waals surface area contributed by atoms with Gasteiger partial charge >= 0.3 is 0 Å². The Morgan fingerprint density at radius 2 is 2.12 bits per heavy atom. The first-order chi connectivity index (χ1) is 7.84. The average Bonchev–Trinajstić information content (AvgIpc) is 2.30. The summed E-state index contributed by atoms with van der Waals surface area (Å²) >= 11 is 0. The molecule has 2 rings (SSSR count). The fourth-order valence-corrected chi connectivity index (χ4v) is 2.37. The second-order valence-electron chi connectivity index (χ2n) is 4.67. The summed E-state index contributed by atoms with van der Waals surface area (Å²) in [4.78, 5) is 3.99. The van der Waals surface area contributed by atoms with E-state index >= 15 is 0 Å². The molecule has 1 fully saturated rings. The molecule has 0 bridgehead atoms. The normalized spacial score (nSPS) is 25.6. The molecule has 1 aliphatic rings. The summed E-state index contributed by atoms with van der Waals surface area (Å²) in [5.74, 6) is 0.644. The molecule has 0 radical (unpaired) electrons. The van der Waals surface area contributed by atoms with Crippen molar-refractivity contribution in [2.45, 2.75) is 38.3 Å². The fourth-order valence-electron chi connectivity index (χ4n) is 2.37. The standard InChI is InChI=1S/C13H20N2O/c16-13-3-1-2-12(8-13)10-15-9-11-4-6-14-7-5-11/h4-7,12-13,15-16H,1-3,8-10H2. The van der Waals surface area contributed by atoms with Gasteiger partial charge in [0.15, 0.2) is 0 Å². The molecule has 88 valence electrons. The summed E-state index contributed by atoms with van der Waals surface area (Å²) in [7, 11) is 0. The quantitative estimate of drug-likeness (QED) is 0.812. The van der Waals surface area contributed by atoms with Crippen LogP contribution >= 0.6 is 0 Å². The van der Waals surface area contributed by atoms with Crippen molar-refractivity contribution >= 4 is 0 Å². The molecule has 1 aliphatic carbocycles. The molecule has 2 N–H and O–H groups in total. The number of hydrogen-bond donors (Lipinski definition) is 2. The minimum absolute atomic E-state index is 0.0681. The second kappa shape index (κ2) is 5.97. The molecule has 1 heterocycles. The molecule has 0 spiro atoms. The third-order valence-electron chi connectivity index (χ3n) is 3.27. The number of aliphatic hydroxyl groups is 1.